The standard InChI is InChI=1S/C15H25FN2O2S/c1-12(2)6-4-5-9-18-21(19,20)15-10-13(11-17-3)7-8-14(15)16/h7-8,10,12,17-18H,4-6,9,11H2,1-3H3. The Hall–Kier alpha value is -0.980. The van der Waals surface area contributed by atoms with Crippen LogP contribution in [0.4, 0.5) is 4.39 Å². The van der Waals surface area contributed by atoms with Gasteiger partial charge in [-0.2, -0.15) is 0 Å². The van der Waals surface area contributed by atoms with Crippen LogP contribution in [0.5, 0.6) is 0 Å². The van der Waals surface area contributed by atoms with E-state index < -0.39 is 15.8 Å². The first-order valence-electron chi connectivity index (χ1n) is 7.29. The first-order valence-corrected chi connectivity index (χ1v) is 8.78. The molecule has 1 rings (SSSR count). The van der Waals surface area contributed by atoms with Crippen molar-refractivity contribution in [3.05, 3.63) is 29.6 Å². The van der Waals surface area contributed by atoms with Gasteiger partial charge in [-0.25, -0.2) is 17.5 Å². The Morgan fingerprint density at radius 3 is 2.57 bits per heavy atom. The minimum atomic E-state index is -3.79. The molecule has 0 aliphatic rings. The van der Waals surface area contributed by atoms with E-state index in [2.05, 4.69) is 23.9 Å². The molecule has 0 spiro atoms. The molecule has 21 heavy (non-hydrogen) atoms. The molecule has 0 saturated heterocycles. The van der Waals surface area contributed by atoms with Crippen LogP contribution in [0.25, 0.3) is 0 Å². The summed E-state index contributed by atoms with van der Waals surface area (Å²) >= 11 is 0. The van der Waals surface area contributed by atoms with Gasteiger partial charge >= 0.3 is 0 Å². The molecule has 0 aromatic heterocycles. The van der Waals surface area contributed by atoms with Crippen LogP contribution in [-0.4, -0.2) is 22.0 Å². The average molecular weight is 316 g/mol. The van der Waals surface area contributed by atoms with Crippen molar-refractivity contribution in [2.75, 3.05) is 13.6 Å². The molecule has 0 saturated carbocycles. The topological polar surface area (TPSA) is 58.2 Å². The quantitative estimate of drug-likeness (QED) is 0.689. The summed E-state index contributed by atoms with van der Waals surface area (Å²) in [4.78, 5) is -0.279. The number of hydrogen-bond donors (Lipinski definition) is 2. The molecule has 0 amide bonds. The van der Waals surface area contributed by atoms with Gasteiger partial charge < -0.3 is 5.32 Å². The van der Waals surface area contributed by atoms with Crippen molar-refractivity contribution in [3.8, 4) is 0 Å². The molecule has 0 aliphatic carbocycles. The van der Waals surface area contributed by atoms with E-state index in [9.17, 15) is 12.8 Å². The largest absolute Gasteiger partial charge is 0.316 e. The van der Waals surface area contributed by atoms with Gasteiger partial charge in [0.05, 0.1) is 0 Å². The lowest BCUT2D eigenvalue weighted by Gasteiger charge is -2.10. The van der Waals surface area contributed by atoms with Crippen molar-refractivity contribution in [1.82, 2.24) is 10.0 Å². The van der Waals surface area contributed by atoms with E-state index in [1.807, 2.05) is 0 Å². The highest BCUT2D eigenvalue weighted by molar-refractivity contribution is 7.89. The van der Waals surface area contributed by atoms with Crippen molar-refractivity contribution in [1.29, 1.82) is 0 Å². The van der Waals surface area contributed by atoms with Crippen LogP contribution in [-0.2, 0) is 16.6 Å². The normalized spacial score (nSPS) is 12.0. The zero-order valence-electron chi connectivity index (χ0n) is 12.9. The minimum Gasteiger partial charge on any atom is -0.316 e. The van der Waals surface area contributed by atoms with Crippen molar-refractivity contribution in [2.45, 2.75) is 44.6 Å². The van der Waals surface area contributed by atoms with Crippen molar-refractivity contribution in [3.63, 3.8) is 0 Å². The molecule has 6 heteroatoms. The van der Waals surface area contributed by atoms with Crippen LogP contribution in [0.2, 0.25) is 0 Å². The number of hydrogen-bond acceptors (Lipinski definition) is 3. The van der Waals surface area contributed by atoms with Gasteiger partial charge in [-0.05, 0) is 37.1 Å². The fourth-order valence-corrected chi connectivity index (χ4v) is 3.23. The number of benzene rings is 1. The van der Waals surface area contributed by atoms with Gasteiger partial charge in [-0.3, -0.25) is 0 Å². The van der Waals surface area contributed by atoms with Crippen LogP contribution in [0.3, 0.4) is 0 Å². The molecule has 1 aromatic rings. The Morgan fingerprint density at radius 2 is 1.95 bits per heavy atom. The predicted molar refractivity (Wildman–Crippen MR) is 83.0 cm³/mol. The van der Waals surface area contributed by atoms with Crippen molar-refractivity contribution >= 4 is 10.0 Å². The van der Waals surface area contributed by atoms with Gasteiger partial charge in [-0.1, -0.05) is 32.8 Å². The first-order chi connectivity index (χ1) is 9.86. The summed E-state index contributed by atoms with van der Waals surface area (Å²) in [6, 6.07) is 4.15. The highest BCUT2D eigenvalue weighted by Gasteiger charge is 2.18. The summed E-state index contributed by atoms with van der Waals surface area (Å²) in [6.07, 6.45) is 2.78. The molecule has 0 radical (unpaired) electrons. The Morgan fingerprint density at radius 1 is 1.24 bits per heavy atom. The molecule has 0 bridgehead atoms. The molecule has 0 aliphatic heterocycles. The summed E-state index contributed by atoms with van der Waals surface area (Å²) < 4.78 is 40.5. The molecular formula is C15H25FN2O2S. The summed E-state index contributed by atoms with van der Waals surface area (Å²) in [7, 11) is -2.03. The van der Waals surface area contributed by atoms with E-state index in [1.54, 1.807) is 13.1 Å². The Balaban J connectivity index is 2.67. The maximum atomic E-state index is 13.7. The number of unbranched alkanes of at least 4 members (excludes halogenated alkanes) is 1. The van der Waals surface area contributed by atoms with E-state index in [-0.39, 0.29) is 4.90 Å². The van der Waals surface area contributed by atoms with E-state index in [0.717, 1.165) is 24.8 Å². The van der Waals surface area contributed by atoms with E-state index >= 15 is 0 Å². The van der Waals surface area contributed by atoms with Gasteiger partial charge in [0, 0.05) is 13.1 Å². The second-order valence-corrected chi connectivity index (χ2v) is 7.32. The molecule has 0 atom stereocenters. The summed E-state index contributed by atoms with van der Waals surface area (Å²) in [5, 5.41) is 2.91. The second-order valence-electron chi connectivity index (χ2n) is 5.58. The van der Waals surface area contributed by atoms with Gasteiger partial charge in [0.1, 0.15) is 10.7 Å². The summed E-state index contributed by atoms with van der Waals surface area (Å²) in [6.45, 7) is 5.10. The lowest BCUT2D eigenvalue weighted by atomic mass is 10.1. The molecule has 0 unspecified atom stereocenters. The number of rotatable bonds is 9. The lowest BCUT2D eigenvalue weighted by molar-refractivity contribution is 0.527. The highest BCUT2D eigenvalue weighted by Crippen LogP contribution is 2.16. The van der Waals surface area contributed by atoms with E-state index in [1.165, 1.54) is 12.1 Å². The number of halogens is 1. The first kappa shape index (κ1) is 18.1. The van der Waals surface area contributed by atoms with E-state index in [4.69, 9.17) is 0 Å². The van der Waals surface area contributed by atoms with Gasteiger partial charge in [0.15, 0.2) is 0 Å². The van der Waals surface area contributed by atoms with Crippen LogP contribution < -0.4 is 10.0 Å². The summed E-state index contributed by atoms with van der Waals surface area (Å²) in [5.74, 6) is -0.109. The zero-order chi connectivity index (χ0) is 15.9. The number of nitrogens with one attached hydrogen (secondary N) is 2. The van der Waals surface area contributed by atoms with Crippen LogP contribution >= 0.6 is 0 Å². The predicted octanol–water partition coefficient (Wildman–Crippen LogP) is 2.65. The summed E-state index contributed by atoms with van der Waals surface area (Å²) in [5.41, 5.74) is 0.735. The smallest absolute Gasteiger partial charge is 0.243 e. The van der Waals surface area contributed by atoms with Gasteiger partial charge in [0.25, 0.3) is 0 Å². The van der Waals surface area contributed by atoms with Crippen LogP contribution in [0, 0.1) is 11.7 Å². The molecule has 2 N–H and O–H groups in total. The highest BCUT2D eigenvalue weighted by atomic mass is 32.2. The molecular weight excluding hydrogens is 291 g/mol. The molecule has 4 nitrogen and oxygen atoms in total. The molecule has 0 fully saturated rings. The average Bonchev–Trinajstić information content (AvgIpc) is 2.40. The molecule has 0 heterocycles. The third-order valence-electron chi connectivity index (χ3n) is 3.17. The fourth-order valence-electron chi connectivity index (χ4n) is 2.03. The molecule has 120 valence electrons. The second kappa shape index (κ2) is 8.46. The van der Waals surface area contributed by atoms with Gasteiger partial charge in [0.2, 0.25) is 10.0 Å². The Labute approximate surface area is 127 Å². The van der Waals surface area contributed by atoms with Crippen molar-refractivity contribution in [2.24, 2.45) is 5.92 Å². The fraction of sp³-hybridized carbons (Fsp3) is 0.600. The Kier molecular flexibility index (Phi) is 7.28. The van der Waals surface area contributed by atoms with Crippen molar-refractivity contribution < 1.29 is 12.8 Å². The minimum absolute atomic E-state index is 0.279. The third-order valence-corrected chi connectivity index (χ3v) is 4.64. The lowest BCUT2D eigenvalue weighted by Crippen LogP contribution is -2.26. The van der Waals surface area contributed by atoms with Gasteiger partial charge in [-0.15, -0.1) is 0 Å². The maximum Gasteiger partial charge on any atom is 0.243 e. The zero-order valence-corrected chi connectivity index (χ0v) is 13.8. The maximum absolute atomic E-state index is 13.7. The monoisotopic (exact) mass is 316 g/mol. The third kappa shape index (κ3) is 6.11. The van der Waals surface area contributed by atoms with Crippen LogP contribution in [0.1, 0.15) is 38.7 Å². The number of sulfonamides is 1. The SMILES string of the molecule is CNCc1ccc(F)c(S(=O)(=O)NCCCCC(C)C)c1. The Bertz CT molecular complexity index is 545. The molecule has 1 aromatic carbocycles. The van der Waals surface area contributed by atoms with E-state index in [0.29, 0.717) is 19.0 Å². The van der Waals surface area contributed by atoms with Crippen LogP contribution in [0.15, 0.2) is 23.1 Å².